The number of aromatic nitrogens is 1. The van der Waals surface area contributed by atoms with E-state index in [4.69, 9.17) is 4.74 Å². The molecule has 0 spiro atoms. The largest absolute Gasteiger partial charge is 0.573 e. The monoisotopic (exact) mass is 553 g/mol. The average molecular weight is 554 g/mol. The van der Waals surface area contributed by atoms with Gasteiger partial charge in [-0.1, -0.05) is 44.2 Å². The first-order valence-electron chi connectivity index (χ1n) is 13.9. The summed E-state index contributed by atoms with van der Waals surface area (Å²) in [4.78, 5) is 17.2. The quantitative estimate of drug-likeness (QED) is 0.253. The highest BCUT2D eigenvalue weighted by Crippen LogP contribution is 2.45. The third-order valence-electron chi connectivity index (χ3n) is 7.45. The highest BCUT2D eigenvalue weighted by atomic mass is 19.4. The topological polar surface area (TPSA) is 72.5 Å². The zero-order chi connectivity index (χ0) is 28.0. The Hall–Kier alpha value is -3.75. The summed E-state index contributed by atoms with van der Waals surface area (Å²) in [7, 11) is 0. The van der Waals surface area contributed by atoms with Gasteiger partial charge in [0, 0.05) is 24.0 Å². The van der Waals surface area contributed by atoms with Gasteiger partial charge in [0.1, 0.15) is 23.9 Å². The molecule has 1 aromatic heterocycles. The Labute approximate surface area is 232 Å². The van der Waals surface area contributed by atoms with E-state index in [0.717, 1.165) is 42.0 Å². The molecule has 40 heavy (non-hydrogen) atoms. The van der Waals surface area contributed by atoms with Gasteiger partial charge in [-0.3, -0.25) is 4.79 Å². The third-order valence-corrected chi connectivity index (χ3v) is 7.45. The van der Waals surface area contributed by atoms with Gasteiger partial charge in [-0.15, -0.1) is 13.2 Å². The molecule has 2 aliphatic rings. The molecule has 2 aromatic carbocycles. The van der Waals surface area contributed by atoms with E-state index in [-0.39, 0.29) is 18.3 Å². The molecule has 2 saturated carbocycles. The lowest BCUT2D eigenvalue weighted by Crippen LogP contribution is -2.26. The van der Waals surface area contributed by atoms with Gasteiger partial charge in [0.05, 0.1) is 0 Å². The Morgan fingerprint density at radius 1 is 0.925 bits per heavy atom. The number of anilines is 2. The molecule has 3 aromatic rings. The molecule has 0 atom stereocenters. The van der Waals surface area contributed by atoms with Crippen molar-refractivity contribution in [1.29, 1.82) is 0 Å². The van der Waals surface area contributed by atoms with Crippen LogP contribution in [0.3, 0.4) is 0 Å². The van der Waals surface area contributed by atoms with E-state index in [0.29, 0.717) is 29.6 Å². The van der Waals surface area contributed by atoms with Gasteiger partial charge in [0.2, 0.25) is 0 Å². The standard InChI is InChI=1S/C31H34F3N3O3/c32-31(33,34)40-25-10-6-22(7-11-25)20-39-26-12-13-28(27(19-26)23-8-9-23)37-29-18-24(15-17-35-29)30(38)36-16-14-21-4-2-1-3-5-21/h6-7,10-13,15,17-19,21,23H,1-5,8-9,14,16,20H2,(H,35,37)(H,36,38). The average Bonchev–Trinajstić information content (AvgIpc) is 3.79. The van der Waals surface area contributed by atoms with Gasteiger partial charge in [-0.05, 0) is 84.7 Å². The first-order valence-corrected chi connectivity index (χ1v) is 13.9. The number of amides is 1. The lowest BCUT2D eigenvalue weighted by atomic mass is 9.87. The maximum absolute atomic E-state index is 12.7. The van der Waals surface area contributed by atoms with Crippen molar-refractivity contribution in [2.75, 3.05) is 11.9 Å². The van der Waals surface area contributed by atoms with Crippen molar-refractivity contribution in [3.63, 3.8) is 0 Å². The molecule has 2 N–H and O–H groups in total. The molecular weight excluding hydrogens is 519 g/mol. The summed E-state index contributed by atoms with van der Waals surface area (Å²) in [6.45, 7) is 0.899. The Morgan fingerprint density at radius 2 is 1.68 bits per heavy atom. The fourth-order valence-corrected chi connectivity index (χ4v) is 5.18. The van der Waals surface area contributed by atoms with Crippen LogP contribution in [0.2, 0.25) is 0 Å². The molecule has 5 rings (SSSR count). The molecule has 6 nitrogen and oxygen atoms in total. The van der Waals surface area contributed by atoms with Crippen molar-refractivity contribution in [2.24, 2.45) is 5.92 Å². The maximum Gasteiger partial charge on any atom is 0.573 e. The van der Waals surface area contributed by atoms with Crippen LogP contribution in [0.15, 0.2) is 60.8 Å². The predicted molar refractivity (Wildman–Crippen MR) is 147 cm³/mol. The smallest absolute Gasteiger partial charge is 0.489 e. The minimum absolute atomic E-state index is 0.0922. The number of benzene rings is 2. The van der Waals surface area contributed by atoms with Gasteiger partial charge in [-0.25, -0.2) is 4.98 Å². The highest BCUT2D eigenvalue weighted by molar-refractivity contribution is 5.94. The Bertz CT molecular complexity index is 1290. The number of rotatable bonds is 11. The molecule has 0 unspecified atom stereocenters. The van der Waals surface area contributed by atoms with E-state index in [1.807, 2.05) is 18.2 Å². The number of hydrogen-bond acceptors (Lipinski definition) is 5. The van der Waals surface area contributed by atoms with E-state index < -0.39 is 6.36 Å². The fourth-order valence-electron chi connectivity index (χ4n) is 5.18. The number of halogens is 3. The van der Waals surface area contributed by atoms with Crippen LogP contribution in [0, 0.1) is 5.92 Å². The summed E-state index contributed by atoms with van der Waals surface area (Å²) in [5, 5.41) is 6.43. The van der Waals surface area contributed by atoms with Crippen LogP contribution in [0.4, 0.5) is 24.7 Å². The molecule has 1 amide bonds. The van der Waals surface area contributed by atoms with Gasteiger partial charge in [-0.2, -0.15) is 0 Å². The third kappa shape index (κ3) is 8.13. The van der Waals surface area contributed by atoms with E-state index in [2.05, 4.69) is 20.4 Å². The zero-order valence-corrected chi connectivity index (χ0v) is 22.3. The minimum Gasteiger partial charge on any atom is -0.489 e. The van der Waals surface area contributed by atoms with Gasteiger partial charge < -0.3 is 20.1 Å². The minimum atomic E-state index is -4.72. The van der Waals surface area contributed by atoms with Crippen molar-refractivity contribution >= 4 is 17.4 Å². The highest BCUT2D eigenvalue weighted by Gasteiger charge is 2.31. The molecule has 2 fully saturated rings. The summed E-state index contributed by atoms with van der Waals surface area (Å²) < 4.78 is 47.0. The van der Waals surface area contributed by atoms with Crippen LogP contribution in [-0.2, 0) is 6.61 Å². The summed E-state index contributed by atoms with van der Waals surface area (Å²) in [5.74, 6) is 2.03. The van der Waals surface area contributed by atoms with Crippen molar-refractivity contribution in [2.45, 2.75) is 70.3 Å². The molecule has 0 saturated heterocycles. The zero-order valence-electron chi connectivity index (χ0n) is 22.3. The number of alkyl halides is 3. The Balaban J connectivity index is 1.18. The van der Waals surface area contributed by atoms with Crippen LogP contribution in [-0.4, -0.2) is 23.8 Å². The lowest BCUT2D eigenvalue weighted by Gasteiger charge is -2.21. The Kier molecular flexibility index (Phi) is 8.77. The molecule has 0 bridgehead atoms. The number of carbonyl (C=O) groups excluding carboxylic acids is 1. The normalized spacial score (nSPS) is 15.9. The number of ether oxygens (including phenoxy) is 2. The van der Waals surface area contributed by atoms with Gasteiger partial charge >= 0.3 is 6.36 Å². The van der Waals surface area contributed by atoms with Crippen LogP contribution >= 0.6 is 0 Å². The number of pyridine rings is 1. The van der Waals surface area contributed by atoms with Gasteiger partial charge in [0.15, 0.2) is 0 Å². The summed E-state index contributed by atoms with van der Waals surface area (Å²) in [5.41, 5.74) is 3.31. The SMILES string of the molecule is O=C(NCCC1CCCCC1)c1ccnc(Nc2ccc(OCc3ccc(OC(F)(F)F)cc3)cc2C2CC2)c1. The van der Waals surface area contributed by atoms with E-state index in [1.165, 1.54) is 44.2 Å². The van der Waals surface area contributed by atoms with Crippen LogP contribution in [0.25, 0.3) is 0 Å². The van der Waals surface area contributed by atoms with Crippen LogP contribution in [0.5, 0.6) is 11.5 Å². The molecule has 0 aliphatic heterocycles. The molecule has 0 radical (unpaired) electrons. The second kappa shape index (κ2) is 12.6. The number of nitrogens with zero attached hydrogens (tertiary/aromatic N) is 1. The second-order valence-corrected chi connectivity index (χ2v) is 10.6. The molecule has 212 valence electrons. The lowest BCUT2D eigenvalue weighted by molar-refractivity contribution is -0.274. The number of carbonyl (C=O) groups is 1. The summed E-state index contributed by atoms with van der Waals surface area (Å²) in [6, 6.07) is 14.9. The van der Waals surface area contributed by atoms with E-state index in [1.54, 1.807) is 30.5 Å². The van der Waals surface area contributed by atoms with Crippen molar-refractivity contribution in [3.05, 3.63) is 77.5 Å². The first kappa shape index (κ1) is 27.8. The first-order chi connectivity index (χ1) is 19.3. The van der Waals surface area contributed by atoms with E-state index >= 15 is 0 Å². The predicted octanol–water partition coefficient (Wildman–Crippen LogP) is 7.88. The summed E-state index contributed by atoms with van der Waals surface area (Å²) in [6.07, 6.45) is 6.56. The number of nitrogens with one attached hydrogen (secondary N) is 2. The second-order valence-electron chi connectivity index (χ2n) is 10.6. The maximum atomic E-state index is 12.7. The molecule has 9 heteroatoms. The molecular formula is C31H34F3N3O3. The Morgan fingerprint density at radius 3 is 2.40 bits per heavy atom. The van der Waals surface area contributed by atoms with Crippen molar-refractivity contribution < 1.29 is 27.4 Å². The summed E-state index contributed by atoms with van der Waals surface area (Å²) >= 11 is 0. The molecule has 2 aliphatic carbocycles. The van der Waals surface area contributed by atoms with Crippen molar-refractivity contribution in [1.82, 2.24) is 10.3 Å². The van der Waals surface area contributed by atoms with Gasteiger partial charge in [0.25, 0.3) is 5.91 Å². The van der Waals surface area contributed by atoms with Crippen LogP contribution in [0.1, 0.15) is 78.8 Å². The molecule has 1 heterocycles. The number of hydrogen-bond donors (Lipinski definition) is 2. The van der Waals surface area contributed by atoms with Crippen molar-refractivity contribution in [3.8, 4) is 11.5 Å². The fraction of sp³-hybridized carbons (Fsp3) is 0.419. The van der Waals surface area contributed by atoms with E-state index in [9.17, 15) is 18.0 Å². The van der Waals surface area contributed by atoms with Crippen LogP contribution < -0.4 is 20.1 Å².